The van der Waals surface area contributed by atoms with Crippen molar-refractivity contribution in [1.82, 2.24) is 9.55 Å². The Morgan fingerprint density at radius 3 is 2.34 bits per heavy atom. The Morgan fingerprint density at radius 2 is 1.75 bits per heavy atom. The van der Waals surface area contributed by atoms with Crippen LogP contribution in [0.25, 0.3) is 27.2 Å². The van der Waals surface area contributed by atoms with Crippen molar-refractivity contribution in [3.05, 3.63) is 81.4 Å². The summed E-state index contributed by atoms with van der Waals surface area (Å²) in [4.78, 5) is 21.8. The second-order valence-corrected chi connectivity index (χ2v) is 8.38. The Kier molecular flexibility index (Phi) is 6.48. The summed E-state index contributed by atoms with van der Waals surface area (Å²) in [6, 6.07) is 11.5. The van der Waals surface area contributed by atoms with Gasteiger partial charge in [0.15, 0.2) is 0 Å². The molecule has 4 rings (SSSR count). The molecule has 0 atom stereocenters. The summed E-state index contributed by atoms with van der Waals surface area (Å²) >= 11 is 0. The van der Waals surface area contributed by atoms with Crippen LogP contribution >= 0.6 is 0 Å². The van der Waals surface area contributed by atoms with Crippen molar-refractivity contribution in [2.75, 3.05) is 0 Å². The quantitative estimate of drug-likeness (QED) is 0.424. The number of nitrogens with zero attached hydrogens (tertiary/aromatic N) is 3. The van der Waals surface area contributed by atoms with E-state index in [0.29, 0.717) is 22.4 Å². The van der Waals surface area contributed by atoms with Gasteiger partial charge in [0.2, 0.25) is 5.69 Å². The SMILES string of the molecule is [C-]#[N+]c1ccc(-c2nc(C3CCCCCC3)n(C)c(=O)c2-c2ccc(CO)cc2)cc1F. The predicted octanol–water partition coefficient (Wildman–Crippen LogP) is 5.73. The molecule has 5 nitrogen and oxygen atoms in total. The van der Waals surface area contributed by atoms with Crippen molar-refractivity contribution in [2.24, 2.45) is 7.05 Å². The molecule has 0 unspecified atom stereocenters. The van der Waals surface area contributed by atoms with Crippen molar-refractivity contribution in [1.29, 1.82) is 0 Å². The van der Waals surface area contributed by atoms with Crippen LogP contribution in [0.15, 0.2) is 47.3 Å². The number of benzene rings is 2. The Morgan fingerprint density at radius 1 is 1.09 bits per heavy atom. The van der Waals surface area contributed by atoms with Crippen molar-refractivity contribution in [2.45, 2.75) is 51.0 Å². The minimum atomic E-state index is -0.627. The molecular weight excluding hydrogens is 405 g/mol. The number of hydrogen-bond acceptors (Lipinski definition) is 3. The van der Waals surface area contributed by atoms with Crippen LogP contribution in [0.1, 0.15) is 55.8 Å². The first-order chi connectivity index (χ1) is 15.5. The molecule has 0 saturated heterocycles. The van der Waals surface area contributed by atoms with E-state index in [2.05, 4.69) is 4.85 Å². The molecule has 32 heavy (non-hydrogen) atoms. The largest absolute Gasteiger partial charge is 0.392 e. The zero-order valence-electron chi connectivity index (χ0n) is 18.1. The van der Waals surface area contributed by atoms with E-state index in [9.17, 15) is 14.3 Å². The summed E-state index contributed by atoms with van der Waals surface area (Å²) < 4.78 is 16.1. The van der Waals surface area contributed by atoms with E-state index in [0.717, 1.165) is 37.1 Å². The predicted molar refractivity (Wildman–Crippen MR) is 123 cm³/mol. The summed E-state index contributed by atoms with van der Waals surface area (Å²) in [7, 11) is 1.76. The Labute approximate surface area is 187 Å². The zero-order valence-corrected chi connectivity index (χ0v) is 18.1. The average Bonchev–Trinajstić information content (AvgIpc) is 3.10. The van der Waals surface area contributed by atoms with Crippen molar-refractivity contribution in [3.63, 3.8) is 0 Å². The topological polar surface area (TPSA) is 59.5 Å². The number of rotatable bonds is 4. The summed E-state index contributed by atoms with van der Waals surface area (Å²) in [6.45, 7) is 7.03. The first kappa shape index (κ1) is 21.9. The fraction of sp³-hybridized carbons (Fsp3) is 0.346. The lowest BCUT2D eigenvalue weighted by Gasteiger charge is -2.20. The van der Waals surface area contributed by atoms with E-state index >= 15 is 0 Å². The van der Waals surface area contributed by atoms with Gasteiger partial charge in [0.25, 0.3) is 5.56 Å². The van der Waals surface area contributed by atoms with Gasteiger partial charge < -0.3 is 5.11 Å². The van der Waals surface area contributed by atoms with Crippen LogP contribution in [0, 0.1) is 12.4 Å². The van der Waals surface area contributed by atoms with E-state index in [1.165, 1.54) is 25.0 Å². The van der Waals surface area contributed by atoms with Gasteiger partial charge in [-0.1, -0.05) is 62.1 Å². The van der Waals surface area contributed by atoms with Crippen LogP contribution in [0.4, 0.5) is 10.1 Å². The van der Waals surface area contributed by atoms with E-state index in [4.69, 9.17) is 11.6 Å². The lowest BCUT2D eigenvalue weighted by Crippen LogP contribution is -2.26. The standard InChI is InChI=1S/C26H26FN3O2/c1-28-22-14-13-20(15-21(22)27)24-23(18-11-9-17(16-31)10-12-18)26(32)30(2)25(29-24)19-7-5-3-4-6-8-19/h9-15,19,31H,3-8,16H2,2H3. The first-order valence-electron chi connectivity index (χ1n) is 11.0. The minimum Gasteiger partial charge on any atom is -0.392 e. The van der Waals surface area contributed by atoms with Crippen molar-refractivity contribution < 1.29 is 9.50 Å². The lowest BCUT2D eigenvalue weighted by molar-refractivity contribution is 0.282. The van der Waals surface area contributed by atoms with Gasteiger partial charge in [-0.25, -0.2) is 14.2 Å². The van der Waals surface area contributed by atoms with Gasteiger partial charge in [-0.2, -0.15) is 0 Å². The maximum absolute atomic E-state index is 14.5. The molecule has 1 saturated carbocycles. The molecule has 1 fully saturated rings. The maximum atomic E-state index is 14.5. The van der Waals surface area contributed by atoms with E-state index in [1.54, 1.807) is 41.9 Å². The molecule has 0 amide bonds. The van der Waals surface area contributed by atoms with E-state index in [-0.39, 0.29) is 23.8 Å². The van der Waals surface area contributed by atoms with Gasteiger partial charge in [-0.3, -0.25) is 9.36 Å². The molecule has 0 bridgehead atoms. The van der Waals surface area contributed by atoms with Gasteiger partial charge in [0.05, 0.1) is 24.4 Å². The minimum absolute atomic E-state index is 0.0598. The molecule has 1 aliphatic carbocycles. The Bertz CT molecular complexity index is 1220. The third-order valence-electron chi connectivity index (χ3n) is 6.31. The molecule has 1 heterocycles. The summed E-state index contributed by atoms with van der Waals surface area (Å²) in [5, 5.41) is 9.37. The number of aromatic nitrogens is 2. The highest BCUT2D eigenvalue weighted by Crippen LogP contribution is 2.35. The molecule has 3 aromatic rings. The highest BCUT2D eigenvalue weighted by atomic mass is 19.1. The molecule has 2 aromatic carbocycles. The third-order valence-corrected chi connectivity index (χ3v) is 6.31. The van der Waals surface area contributed by atoms with E-state index < -0.39 is 5.82 Å². The van der Waals surface area contributed by atoms with E-state index in [1.807, 2.05) is 0 Å². The number of hydrogen-bond donors (Lipinski definition) is 1. The highest BCUT2D eigenvalue weighted by Gasteiger charge is 2.24. The van der Waals surface area contributed by atoms with Crippen molar-refractivity contribution >= 4 is 5.69 Å². The monoisotopic (exact) mass is 431 g/mol. The van der Waals surface area contributed by atoms with Crippen LogP contribution in [-0.2, 0) is 13.7 Å². The molecule has 1 aliphatic rings. The summed E-state index contributed by atoms with van der Waals surface area (Å²) in [5.41, 5.74) is 2.46. The lowest BCUT2D eigenvalue weighted by atomic mass is 9.96. The number of aliphatic hydroxyl groups is 1. The van der Waals surface area contributed by atoms with Crippen LogP contribution in [0.2, 0.25) is 0 Å². The average molecular weight is 432 g/mol. The van der Waals surface area contributed by atoms with Crippen LogP contribution in [0.5, 0.6) is 0 Å². The van der Waals surface area contributed by atoms with Crippen LogP contribution in [0.3, 0.4) is 0 Å². The van der Waals surface area contributed by atoms with Gasteiger partial charge in [-0.05, 0) is 30.0 Å². The van der Waals surface area contributed by atoms with Gasteiger partial charge in [0, 0.05) is 18.5 Å². The molecule has 6 heteroatoms. The second-order valence-electron chi connectivity index (χ2n) is 8.38. The maximum Gasteiger partial charge on any atom is 0.261 e. The van der Waals surface area contributed by atoms with Gasteiger partial charge >= 0.3 is 0 Å². The van der Waals surface area contributed by atoms with Crippen LogP contribution < -0.4 is 5.56 Å². The summed E-state index contributed by atoms with van der Waals surface area (Å²) in [5.74, 6) is 0.294. The smallest absolute Gasteiger partial charge is 0.261 e. The molecule has 0 radical (unpaired) electrons. The van der Waals surface area contributed by atoms with Gasteiger partial charge in [0.1, 0.15) is 11.6 Å². The Balaban J connectivity index is 1.95. The molecule has 0 aliphatic heterocycles. The third kappa shape index (κ3) is 4.21. The Hall–Kier alpha value is -3.30. The molecule has 0 spiro atoms. The normalized spacial score (nSPS) is 14.7. The second kappa shape index (κ2) is 9.46. The zero-order chi connectivity index (χ0) is 22.7. The first-order valence-corrected chi connectivity index (χ1v) is 11.0. The number of halogens is 1. The summed E-state index contributed by atoms with van der Waals surface area (Å²) in [6.07, 6.45) is 6.56. The molecule has 1 N–H and O–H groups in total. The van der Waals surface area contributed by atoms with Crippen molar-refractivity contribution in [3.8, 4) is 22.4 Å². The molecule has 1 aromatic heterocycles. The molecular formula is C26H26FN3O2. The molecule has 164 valence electrons. The number of aliphatic hydroxyl groups excluding tert-OH is 1. The fourth-order valence-electron chi connectivity index (χ4n) is 4.51. The van der Waals surface area contributed by atoms with Crippen LogP contribution in [-0.4, -0.2) is 14.7 Å². The highest BCUT2D eigenvalue weighted by molar-refractivity contribution is 5.81. The van der Waals surface area contributed by atoms with Gasteiger partial charge in [-0.15, -0.1) is 0 Å². The fourth-order valence-corrected chi connectivity index (χ4v) is 4.51.